The molecule has 0 aliphatic carbocycles. The molecule has 1 unspecified atom stereocenters. The lowest BCUT2D eigenvalue weighted by Gasteiger charge is -2.32. The van der Waals surface area contributed by atoms with Crippen LogP contribution in [0.3, 0.4) is 0 Å². The highest BCUT2D eigenvalue weighted by Gasteiger charge is 2.31. The number of carbonyl (C=O) groups is 1. The zero-order valence-corrected chi connectivity index (χ0v) is 9.70. The first kappa shape index (κ1) is 10.3. The predicted octanol–water partition coefficient (Wildman–Crippen LogP) is 1.18. The van der Waals surface area contributed by atoms with E-state index in [-0.39, 0.29) is 6.04 Å². The Balaban J connectivity index is 1.60. The molecule has 2 aliphatic heterocycles. The van der Waals surface area contributed by atoms with Gasteiger partial charge in [-0.2, -0.15) is 0 Å². The van der Waals surface area contributed by atoms with Crippen LogP contribution in [0.2, 0.25) is 0 Å². The minimum atomic E-state index is 0.0346. The van der Waals surface area contributed by atoms with Crippen LogP contribution in [-0.4, -0.2) is 30.0 Å². The number of hydrogen-bond donors (Lipinski definition) is 1. The van der Waals surface area contributed by atoms with Crippen molar-refractivity contribution in [3.05, 3.63) is 16.3 Å². The number of aldehydes is 1. The molecule has 1 N–H and O–H groups in total. The first-order valence-corrected chi connectivity index (χ1v) is 6.49. The molecule has 0 radical (unpaired) electrons. The number of nitrogens with one attached hydrogen (secondary N) is 1. The summed E-state index contributed by atoms with van der Waals surface area (Å²) in [5.41, 5.74) is 1.28. The van der Waals surface area contributed by atoms with Crippen LogP contribution in [0.15, 0.2) is 10.8 Å². The second-order valence-corrected chi connectivity index (χ2v) is 5.05. The molecule has 3 rings (SSSR count). The van der Waals surface area contributed by atoms with Crippen LogP contribution in [0.1, 0.15) is 18.4 Å². The van der Waals surface area contributed by atoms with Crippen molar-refractivity contribution in [2.75, 3.05) is 6.54 Å². The Morgan fingerprint density at radius 3 is 3.12 bits per heavy atom. The third kappa shape index (κ3) is 1.75. The van der Waals surface area contributed by atoms with Crippen molar-refractivity contribution in [1.82, 2.24) is 10.4 Å². The van der Waals surface area contributed by atoms with E-state index in [2.05, 4.69) is 10.7 Å². The summed E-state index contributed by atoms with van der Waals surface area (Å²) in [4.78, 5) is 16.4. The summed E-state index contributed by atoms with van der Waals surface area (Å²) in [6.07, 6.45) is 2.92. The number of hydrogen-bond acceptors (Lipinski definition) is 5. The van der Waals surface area contributed by atoms with E-state index >= 15 is 0 Å². The standard InChI is InChI=1S/C11H14N2O2S/c14-5-9-1-2-10(3-12-9)13-4-8-6-16-7-11(8)15-13/h5-7,9-10,12H,1-4H2/t9?,10-/m0/s1. The van der Waals surface area contributed by atoms with Crippen LogP contribution in [0.5, 0.6) is 5.75 Å². The number of fused-ring (bicyclic) bond motifs is 1. The molecule has 2 aliphatic rings. The molecule has 0 saturated carbocycles. The van der Waals surface area contributed by atoms with Gasteiger partial charge in [0, 0.05) is 17.5 Å². The average Bonchev–Trinajstić information content (AvgIpc) is 2.89. The third-order valence-corrected chi connectivity index (χ3v) is 4.01. The zero-order chi connectivity index (χ0) is 11.0. The van der Waals surface area contributed by atoms with Gasteiger partial charge >= 0.3 is 0 Å². The number of carbonyl (C=O) groups excluding carboxylic acids is 1. The molecule has 1 aromatic rings. The van der Waals surface area contributed by atoms with Crippen LogP contribution < -0.4 is 10.2 Å². The first-order chi connectivity index (χ1) is 7.86. The predicted molar refractivity (Wildman–Crippen MR) is 61.4 cm³/mol. The molecule has 1 saturated heterocycles. The maximum Gasteiger partial charge on any atom is 0.162 e. The lowest BCUT2D eigenvalue weighted by molar-refractivity contribution is -0.113. The summed E-state index contributed by atoms with van der Waals surface area (Å²) in [7, 11) is 0. The van der Waals surface area contributed by atoms with E-state index in [1.165, 1.54) is 5.56 Å². The van der Waals surface area contributed by atoms with Gasteiger partial charge in [-0.3, -0.25) is 0 Å². The van der Waals surface area contributed by atoms with Crippen molar-refractivity contribution in [3.8, 4) is 5.75 Å². The quantitative estimate of drug-likeness (QED) is 0.786. The van der Waals surface area contributed by atoms with Crippen LogP contribution in [0.4, 0.5) is 0 Å². The number of piperidine rings is 1. The van der Waals surface area contributed by atoms with Crippen LogP contribution in [-0.2, 0) is 11.3 Å². The number of thiophene rings is 1. The molecule has 1 fully saturated rings. The van der Waals surface area contributed by atoms with Gasteiger partial charge in [0.2, 0.25) is 0 Å². The first-order valence-electron chi connectivity index (χ1n) is 5.55. The molecule has 0 spiro atoms. The Hall–Kier alpha value is -0.910. The van der Waals surface area contributed by atoms with Crippen molar-refractivity contribution < 1.29 is 9.63 Å². The van der Waals surface area contributed by atoms with E-state index in [1.807, 2.05) is 10.4 Å². The minimum absolute atomic E-state index is 0.0346. The Kier molecular flexibility index (Phi) is 2.67. The molecule has 86 valence electrons. The van der Waals surface area contributed by atoms with Crippen molar-refractivity contribution >= 4 is 17.6 Å². The minimum Gasteiger partial charge on any atom is -0.404 e. The fraction of sp³-hybridized carbons (Fsp3) is 0.545. The summed E-state index contributed by atoms with van der Waals surface area (Å²) in [5, 5.41) is 9.44. The zero-order valence-electron chi connectivity index (χ0n) is 8.89. The molecule has 0 bridgehead atoms. The van der Waals surface area contributed by atoms with E-state index in [0.29, 0.717) is 6.04 Å². The number of nitrogens with zero attached hydrogens (tertiary/aromatic N) is 1. The lowest BCUT2D eigenvalue weighted by Crippen LogP contribution is -2.49. The molecule has 0 aromatic carbocycles. The highest BCUT2D eigenvalue weighted by atomic mass is 32.1. The maximum atomic E-state index is 10.6. The van der Waals surface area contributed by atoms with Crippen LogP contribution in [0.25, 0.3) is 0 Å². The van der Waals surface area contributed by atoms with Gasteiger partial charge in [-0.05, 0) is 18.2 Å². The van der Waals surface area contributed by atoms with Gasteiger partial charge in [0.15, 0.2) is 5.75 Å². The summed E-state index contributed by atoms with van der Waals surface area (Å²) in [6, 6.07) is 0.418. The van der Waals surface area contributed by atoms with Gasteiger partial charge in [-0.1, -0.05) is 0 Å². The average molecular weight is 238 g/mol. The molecule has 5 heteroatoms. The van der Waals surface area contributed by atoms with Gasteiger partial charge in [-0.25, -0.2) is 0 Å². The summed E-state index contributed by atoms with van der Waals surface area (Å²) < 4.78 is 0. The highest BCUT2D eigenvalue weighted by Crippen LogP contribution is 2.33. The van der Waals surface area contributed by atoms with Gasteiger partial charge in [0.1, 0.15) is 6.29 Å². The molecule has 16 heavy (non-hydrogen) atoms. The fourth-order valence-corrected chi connectivity index (χ4v) is 3.00. The van der Waals surface area contributed by atoms with E-state index in [1.54, 1.807) is 11.3 Å². The van der Waals surface area contributed by atoms with E-state index in [0.717, 1.165) is 38.0 Å². The molecule has 2 atom stereocenters. The van der Waals surface area contributed by atoms with Gasteiger partial charge in [0.25, 0.3) is 0 Å². The largest absolute Gasteiger partial charge is 0.404 e. The molecule has 3 heterocycles. The van der Waals surface area contributed by atoms with Crippen molar-refractivity contribution in [2.45, 2.75) is 31.5 Å². The Labute approximate surface area is 98.2 Å². The van der Waals surface area contributed by atoms with Crippen LogP contribution >= 0.6 is 11.3 Å². The maximum absolute atomic E-state index is 10.6. The highest BCUT2D eigenvalue weighted by molar-refractivity contribution is 7.08. The lowest BCUT2D eigenvalue weighted by atomic mass is 10.0. The molecule has 0 amide bonds. The second-order valence-electron chi connectivity index (χ2n) is 4.31. The van der Waals surface area contributed by atoms with Crippen molar-refractivity contribution in [2.24, 2.45) is 0 Å². The number of rotatable bonds is 2. The Bertz CT molecular complexity index is 365. The number of hydroxylamine groups is 2. The molecule has 4 nitrogen and oxygen atoms in total. The normalized spacial score (nSPS) is 29.8. The fourth-order valence-electron chi connectivity index (χ4n) is 2.26. The second kappa shape index (κ2) is 4.16. The van der Waals surface area contributed by atoms with Crippen molar-refractivity contribution in [3.63, 3.8) is 0 Å². The van der Waals surface area contributed by atoms with Gasteiger partial charge < -0.3 is 14.9 Å². The molecular weight excluding hydrogens is 224 g/mol. The van der Waals surface area contributed by atoms with E-state index in [4.69, 9.17) is 4.84 Å². The summed E-state index contributed by atoms with van der Waals surface area (Å²) in [6.45, 7) is 1.70. The molecular formula is C11H14N2O2S. The van der Waals surface area contributed by atoms with E-state index < -0.39 is 0 Å². The molecule has 1 aromatic heterocycles. The van der Waals surface area contributed by atoms with Gasteiger partial charge in [-0.15, -0.1) is 16.4 Å². The monoisotopic (exact) mass is 238 g/mol. The summed E-state index contributed by atoms with van der Waals surface area (Å²) >= 11 is 1.68. The van der Waals surface area contributed by atoms with Crippen molar-refractivity contribution in [1.29, 1.82) is 0 Å². The Morgan fingerprint density at radius 2 is 2.44 bits per heavy atom. The SMILES string of the molecule is O=CC1CC[C@H](N2Cc3cscc3O2)CN1. The van der Waals surface area contributed by atoms with Gasteiger partial charge in [0.05, 0.1) is 18.6 Å². The summed E-state index contributed by atoms with van der Waals surface area (Å²) in [5.74, 6) is 1.00. The smallest absolute Gasteiger partial charge is 0.162 e. The van der Waals surface area contributed by atoms with E-state index in [9.17, 15) is 4.79 Å². The Morgan fingerprint density at radius 1 is 1.50 bits per heavy atom. The van der Waals surface area contributed by atoms with Crippen LogP contribution in [0, 0.1) is 0 Å². The third-order valence-electron chi connectivity index (χ3n) is 3.24. The topological polar surface area (TPSA) is 41.6 Å².